The lowest BCUT2D eigenvalue weighted by atomic mass is 9.88. The standard InChI is InChI=1S/C18H17NO4/c1-22-16(11-6-4-3-5-7-11)15-13-9-8-12(18(21)23-2)10-14(13)19-17(15)20/h3-8,10,13H,9H2,1-2H3,(H,19,20)/b16-15+. The number of allylic oxidation sites excluding steroid dienone is 2. The molecule has 5 heteroatoms. The molecule has 2 aliphatic rings. The summed E-state index contributed by atoms with van der Waals surface area (Å²) in [5.41, 5.74) is 2.60. The molecule has 3 rings (SSSR count). The van der Waals surface area contributed by atoms with Crippen LogP contribution < -0.4 is 5.32 Å². The van der Waals surface area contributed by atoms with Crippen molar-refractivity contribution in [1.82, 2.24) is 5.32 Å². The molecule has 1 aliphatic heterocycles. The van der Waals surface area contributed by atoms with Crippen LogP contribution >= 0.6 is 0 Å². The van der Waals surface area contributed by atoms with E-state index in [0.29, 0.717) is 29.0 Å². The van der Waals surface area contributed by atoms with Crippen LogP contribution in [0.4, 0.5) is 0 Å². The number of hydrogen-bond acceptors (Lipinski definition) is 4. The van der Waals surface area contributed by atoms with Crippen LogP contribution in [0, 0.1) is 5.92 Å². The molecule has 23 heavy (non-hydrogen) atoms. The van der Waals surface area contributed by atoms with Crippen molar-refractivity contribution in [3.05, 3.63) is 64.9 Å². The fourth-order valence-corrected chi connectivity index (χ4v) is 2.95. The van der Waals surface area contributed by atoms with Crippen LogP contribution in [0.5, 0.6) is 0 Å². The van der Waals surface area contributed by atoms with Crippen molar-refractivity contribution in [3.63, 3.8) is 0 Å². The number of carbonyl (C=O) groups excluding carboxylic acids is 2. The number of amides is 1. The summed E-state index contributed by atoms with van der Waals surface area (Å²) in [4.78, 5) is 24.1. The maximum absolute atomic E-state index is 12.4. The van der Waals surface area contributed by atoms with E-state index in [1.165, 1.54) is 7.11 Å². The first-order valence-electron chi connectivity index (χ1n) is 7.30. The molecule has 118 valence electrons. The van der Waals surface area contributed by atoms with Crippen LogP contribution in [0.2, 0.25) is 0 Å². The van der Waals surface area contributed by atoms with E-state index < -0.39 is 5.97 Å². The number of carbonyl (C=O) groups is 2. The van der Waals surface area contributed by atoms with Crippen molar-refractivity contribution >= 4 is 17.6 Å². The highest BCUT2D eigenvalue weighted by Gasteiger charge is 2.38. The number of rotatable bonds is 3. The van der Waals surface area contributed by atoms with Crippen LogP contribution in [0.25, 0.3) is 5.76 Å². The fourth-order valence-electron chi connectivity index (χ4n) is 2.95. The Balaban J connectivity index is 2.02. The second kappa shape index (κ2) is 6.12. The Morgan fingerprint density at radius 1 is 1.17 bits per heavy atom. The predicted octanol–water partition coefficient (Wildman–Crippen LogP) is 2.18. The summed E-state index contributed by atoms with van der Waals surface area (Å²) in [5.74, 6) is -0.170. The first kappa shape index (κ1) is 15.1. The zero-order chi connectivity index (χ0) is 16.4. The largest absolute Gasteiger partial charge is 0.496 e. The second-order valence-corrected chi connectivity index (χ2v) is 5.31. The summed E-state index contributed by atoms with van der Waals surface area (Å²) < 4.78 is 10.2. The molecule has 1 unspecified atom stereocenters. The summed E-state index contributed by atoms with van der Waals surface area (Å²) in [6.07, 6.45) is 4.01. The molecule has 1 aliphatic carbocycles. The van der Waals surface area contributed by atoms with Crippen LogP contribution in [0.3, 0.4) is 0 Å². The van der Waals surface area contributed by atoms with E-state index in [1.54, 1.807) is 19.3 Å². The Bertz CT molecular complexity index is 744. The zero-order valence-corrected chi connectivity index (χ0v) is 13.0. The van der Waals surface area contributed by atoms with E-state index in [2.05, 4.69) is 5.32 Å². The van der Waals surface area contributed by atoms with E-state index in [-0.39, 0.29) is 11.8 Å². The van der Waals surface area contributed by atoms with Gasteiger partial charge in [0.2, 0.25) is 0 Å². The quantitative estimate of drug-likeness (QED) is 0.528. The van der Waals surface area contributed by atoms with Gasteiger partial charge in [-0.05, 0) is 12.5 Å². The van der Waals surface area contributed by atoms with Gasteiger partial charge in [-0.1, -0.05) is 36.4 Å². The monoisotopic (exact) mass is 311 g/mol. The van der Waals surface area contributed by atoms with Gasteiger partial charge in [-0.3, -0.25) is 4.79 Å². The summed E-state index contributed by atoms with van der Waals surface area (Å²) >= 11 is 0. The van der Waals surface area contributed by atoms with Gasteiger partial charge >= 0.3 is 5.97 Å². The van der Waals surface area contributed by atoms with Gasteiger partial charge in [0.25, 0.3) is 5.91 Å². The third-order valence-corrected chi connectivity index (χ3v) is 4.02. The lowest BCUT2D eigenvalue weighted by molar-refractivity contribution is -0.135. The van der Waals surface area contributed by atoms with Gasteiger partial charge in [0.15, 0.2) is 0 Å². The summed E-state index contributed by atoms with van der Waals surface area (Å²) in [5, 5.41) is 2.84. The molecule has 0 radical (unpaired) electrons. The van der Waals surface area contributed by atoms with Crippen LogP contribution in [-0.4, -0.2) is 26.1 Å². The van der Waals surface area contributed by atoms with Crippen LogP contribution in [-0.2, 0) is 19.1 Å². The molecule has 5 nitrogen and oxygen atoms in total. The van der Waals surface area contributed by atoms with Crippen molar-refractivity contribution in [2.24, 2.45) is 5.92 Å². The van der Waals surface area contributed by atoms with E-state index in [9.17, 15) is 9.59 Å². The van der Waals surface area contributed by atoms with Crippen molar-refractivity contribution in [2.45, 2.75) is 6.42 Å². The number of hydrogen-bond donors (Lipinski definition) is 1. The van der Waals surface area contributed by atoms with Gasteiger partial charge in [0.05, 0.1) is 25.4 Å². The normalized spacial score (nSPS) is 21.7. The van der Waals surface area contributed by atoms with Crippen molar-refractivity contribution in [1.29, 1.82) is 0 Å². The Morgan fingerprint density at radius 3 is 2.57 bits per heavy atom. The minimum absolute atomic E-state index is 0.133. The highest BCUT2D eigenvalue weighted by atomic mass is 16.5. The summed E-state index contributed by atoms with van der Waals surface area (Å²) in [6, 6.07) is 9.51. The maximum atomic E-state index is 12.4. The number of methoxy groups -OCH3 is 2. The third kappa shape index (κ3) is 2.65. The minimum atomic E-state index is -0.405. The first-order chi connectivity index (χ1) is 11.2. The van der Waals surface area contributed by atoms with Gasteiger partial charge in [-0.2, -0.15) is 0 Å². The Hall–Kier alpha value is -2.82. The SMILES string of the molecule is COC(=O)C1=CCC2C(=C1)NC(=O)/C2=C(/OC)c1ccccc1. The average molecular weight is 311 g/mol. The second-order valence-electron chi connectivity index (χ2n) is 5.31. The third-order valence-electron chi connectivity index (χ3n) is 4.02. The molecule has 1 aromatic carbocycles. The molecular formula is C18H17NO4. The van der Waals surface area contributed by atoms with Crippen molar-refractivity contribution < 1.29 is 19.1 Å². The topological polar surface area (TPSA) is 64.6 Å². The molecule has 1 aromatic rings. The molecule has 1 atom stereocenters. The molecule has 1 heterocycles. The number of ether oxygens (including phenoxy) is 2. The minimum Gasteiger partial charge on any atom is -0.496 e. The van der Waals surface area contributed by atoms with E-state index in [0.717, 1.165) is 5.56 Å². The van der Waals surface area contributed by atoms with Gasteiger partial charge in [-0.25, -0.2) is 4.79 Å². The van der Waals surface area contributed by atoms with Gasteiger partial charge in [0.1, 0.15) is 5.76 Å². The van der Waals surface area contributed by atoms with Crippen molar-refractivity contribution in [3.8, 4) is 0 Å². The molecule has 1 amide bonds. The molecule has 0 spiro atoms. The molecule has 1 N–H and O–H groups in total. The maximum Gasteiger partial charge on any atom is 0.337 e. The number of benzene rings is 1. The van der Waals surface area contributed by atoms with Crippen molar-refractivity contribution in [2.75, 3.05) is 14.2 Å². The van der Waals surface area contributed by atoms with E-state index in [4.69, 9.17) is 9.47 Å². The molecule has 0 saturated carbocycles. The van der Waals surface area contributed by atoms with E-state index >= 15 is 0 Å². The van der Waals surface area contributed by atoms with Gasteiger partial charge in [-0.15, -0.1) is 0 Å². The number of esters is 1. The molecular weight excluding hydrogens is 294 g/mol. The molecule has 0 aromatic heterocycles. The molecule has 1 saturated heterocycles. The Morgan fingerprint density at radius 2 is 1.91 bits per heavy atom. The van der Waals surface area contributed by atoms with E-state index in [1.807, 2.05) is 30.3 Å². The number of fused-ring (bicyclic) bond motifs is 1. The first-order valence-corrected chi connectivity index (χ1v) is 7.30. The molecule has 1 fully saturated rings. The highest BCUT2D eigenvalue weighted by Crippen LogP contribution is 2.38. The lowest BCUT2D eigenvalue weighted by Crippen LogP contribution is -2.16. The lowest BCUT2D eigenvalue weighted by Gasteiger charge is -2.17. The number of nitrogens with one attached hydrogen (secondary N) is 1. The smallest absolute Gasteiger partial charge is 0.337 e. The average Bonchev–Trinajstić information content (AvgIpc) is 2.91. The van der Waals surface area contributed by atoms with Crippen LogP contribution in [0.1, 0.15) is 12.0 Å². The molecule has 0 bridgehead atoms. The predicted molar refractivity (Wildman–Crippen MR) is 84.8 cm³/mol. The van der Waals surface area contributed by atoms with Gasteiger partial charge < -0.3 is 14.8 Å². The zero-order valence-electron chi connectivity index (χ0n) is 13.0. The highest BCUT2D eigenvalue weighted by molar-refractivity contribution is 6.05. The van der Waals surface area contributed by atoms with Gasteiger partial charge in [0, 0.05) is 17.2 Å². The Labute approximate surface area is 134 Å². The summed E-state index contributed by atoms with van der Waals surface area (Å²) in [7, 11) is 2.90. The van der Waals surface area contributed by atoms with Crippen LogP contribution in [0.15, 0.2) is 59.3 Å². The fraction of sp³-hybridized carbons (Fsp3) is 0.222. The Kier molecular flexibility index (Phi) is 4.02. The summed E-state index contributed by atoms with van der Waals surface area (Å²) in [6.45, 7) is 0.